The van der Waals surface area contributed by atoms with Crippen LogP contribution in [0.2, 0.25) is 0 Å². The number of hydrogen-bond donors (Lipinski definition) is 2. The normalized spacial score (nSPS) is 16.0. The summed E-state index contributed by atoms with van der Waals surface area (Å²) in [5, 5.41) is 2.80. The maximum atomic E-state index is 12.0. The van der Waals surface area contributed by atoms with E-state index < -0.39 is 10.2 Å². The fourth-order valence-corrected chi connectivity index (χ4v) is 4.61. The topological polar surface area (TPSA) is 84.0 Å². The lowest BCUT2D eigenvalue weighted by atomic mass is 10.3. The average molecular weight is 352 g/mol. The van der Waals surface area contributed by atoms with Crippen LogP contribution in [0, 0.1) is 0 Å². The first-order chi connectivity index (χ1) is 11.1. The van der Waals surface area contributed by atoms with Gasteiger partial charge in [-0.2, -0.15) is 13.1 Å². The van der Waals surface area contributed by atoms with Gasteiger partial charge in [-0.05, 0) is 25.0 Å². The molecule has 0 aliphatic heterocycles. The summed E-state index contributed by atoms with van der Waals surface area (Å²) in [5.74, 6) is 0. The maximum Gasteiger partial charge on any atom is 0.277 e. The van der Waals surface area contributed by atoms with Crippen molar-refractivity contribution >= 4 is 21.5 Å². The number of aromatic nitrogens is 2. The quantitative estimate of drug-likeness (QED) is 0.799. The Morgan fingerprint density at radius 3 is 2.83 bits per heavy atom. The van der Waals surface area contributed by atoms with E-state index in [0.717, 1.165) is 42.1 Å². The lowest BCUT2D eigenvalue weighted by Gasteiger charge is -2.12. The van der Waals surface area contributed by atoms with Gasteiger partial charge in [0.1, 0.15) is 5.01 Å². The van der Waals surface area contributed by atoms with Gasteiger partial charge in [0, 0.05) is 30.6 Å². The second kappa shape index (κ2) is 7.48. The van der Waals surface area contributed by atoms with Gasteiger partial charge in [0.05, 0.1) is 11.4 Å². The van der Waals surface area contributed by atoms with Crippen molar-refractivity contribution in [3.05, 3.63) is 35.5 Å². The van der Waals surface area contributed by atoms with Crippen LogP contribution in [0.15, 0.2) is 29.8 Å². The predicted octanol–water partition coefficient (Wildman–Crippen LogP) is 2.11. The third-order valence-corrected chi connectivity index (χ3v) is 5.93. The molecule has 8 heteroatoms. The molecule has 1 aliphatic rings. The van der Waals surface area contributed by atoms with E-state index in [0.29, 0.717) is 13.0 Å². The van der Waals surface area contributed by atoms with Crippen LogP contribution in [0.5, 0.6) is 0 Å². The summed E-state index contributed by atoms with van der Waals surface area (Å²) in [5.41, 5.74) is 1.71. The molecule has 0 bridgehead atoms. The summed E-state index contributed by atoms with van der Waals surface area (Å²) in [6.45, 7) is 0.341. The molecule has 0 saturated heterocycles. The minimum Gasteiger partial charge on any atom is -0.254 e. The highest BCUT2D eigenvalue weighted by Gasteiger charge is 2.20. The van der Waals surface area contributed by atoms with Crippen molar-refractivity contribution in [3.8, 4) is 10.7 Å². The first-order valence-corrected chi connectivity index (χ1v) is 10.1. The monoisotopic (exact) mass is 352 g/mol. The Morgan fingerprint density at radius 1 is 1.26 bits per heavy atom. The molecule has 0 spiro atoms. The summed E-state index contributed by atoms with van der Waals surface area (Å²) in [4.78, 5) is 8.77. The Bertz CT molecular complexity index is 725. The number of hydrogen-bond acceptors (Lipinski definition) is 5. The highest BCUT2D eigenvalue weighted by atomic mass is 32.2. The van der Waals surface area contributed by atoms with Gasteiger partial charge in [-0.3, -0.25) is 4.98 Å². The van der Waals surface area contributed by atoms with Gasteiger partial charge in [-0.15, -0.1) is 11.3 Å². The Hall–Kier alpha value is -1.35. The lowest BCUT2D eigenvalue weighted by Crippen LogP contribution is -2.42. The van der Waals surface area contributed by atoms with E-state index in [1.54, 1.807) is 6.20 Å². The molecular weight excluding hydrogens is 332 g/mol. The Morgan fingerprint density at radius 2 is 2.09 bits per heavy atom. The molecule has 2 aromatic rings. The second-order valence-electron chi connectivity index (χ2n) is 5.61. The zero-order valence-electron chi connectivity index (χ0n) is 12.7. The number of rotatable bonds is 7. The van der Waals surface area contributed by atoms with Crippen molar-refractivity contribution in [1.82, 2.24) is 19.4 Å². The standard InChI is InChI=1S/C15H20N4O2S2/c20-23(21,19-12-5-1-2-6-12)17-10-8-13-11-22-15(18-13)14-7-3-4-9-16-14/h3-4,7,9,11-12,17,19H,1-2,5-6,8,10H2. The molecule has 0 amide bonds. The number of thiazole rings is 1. The third kappa shape index (κ3) is 4.81. The Balaban J connectivity index is 1.50. The molecule has 6 nitrogen and oxygen atoms in total. The van der Waals surface area contributed by atoms with Crippen LogP contribution >= 0.6 is 11.3 Å². The number of nitrogens with one attached hydrogen (secondary N) is 2. The first kappa shape index (κ1) is 16.5. The highest BCUT2D eigenvalue weighted by Crippen LogP contribution is 2.21. The summed E-state index contributed by atoms with van der Waals surface area (Å²) in [6, 6.07) is 5.79. The van der Waals surface area contributed by atoms with E-state index in [-0.39, 0.29) is 6.04 Å². The van der Waals surface area contributed by atoms with Gasteiger partial charge in [0.25, 0.3) is 10.2 Å². The minimum atomic E-state index is -3.42. The van der Waals surface area contributed by atoms with E-state index in [2.05, 4.69) is 19.4 Å². The number of nitrogens with zero attached hydrogens (tertiary/aromatic N) is 2. The molecule has 0 atom stereocenters. The molecule has 124 valence electrons. The molecule has 1 fully saturated rings. The zero-order valence-corrected chi connectivity index (χ0v) is 14.4. The molecule has 1 saturated carbocycles. The van der Waals surface area contributed by atoms with Gasteiger partial charge >= 0.3 is 0 Å². The van der Waals surface area contributed by atoms with Crippen molar-refractivity contribution in [2.45, 2.75) is 38.1 Å². The van der Waals surface area contributed by atoms with Crippen LogP contribution in [-0.2, 0) is 16.6 Å². The molecule has 3 rings (SSSR count). The van der Waals surface area contributed by atoms with Gasteiger partial charge in [0.15, 0.2) is 0 Å². The predicted molar refractivity (Wildman–Crippen MR) is 91.4 cm³/mol. The van der Waals surface area contributed by atoms with E-state index in [1.807, 2.05) is 23.6 Å². The molecule has 2 heterocycles. The van der Waals surface area contributed by atoms with E-state index >= 15 is 0 Å². The van der Waals surface area contributed by atoms with Crippen molar-refractivity contribution in [3.63, 3.8) is 0 Å². The van der Waals surface area contributed by atoms with Crippen molar-refractivity contribution in [1.29, 1.82) is 0 Å². The van der Waals surface area contributed by atoms with Crippen LogP contribution < -0.4 is 9.44 Å². The SMILES string of the molecule is O=S(=O)(NCCc1csc(-c2ccccn2)n1)NC1CCCC1. The summed E-state index contributed by atoms with van der Waals surface area (Å²) in [7, 11) is -3.42. The second-order valence-corrected chi connectivity index (χ2v) is 8.00. The van der Waals surface area contributed by atoms with Gasteiger partial charge < -0.3 is 0 Å². The van der Waals surface area contributed by atoms with Crippen molar-refractivity contribution in [2.24, 2.45) is 0 Å². The molecule has 2 N–H and O–H groups in total. The summed E-state index contributed by atoms with van der Waals surface area (Å²) >= 11 is 1.52. The van der Waals surface area contributed by atoms with E-state index in [1.165, 1.54) is 11.3 Å². The van der Waals surface area contributed by atoms with Crippen molar-refractivity contribution in [2.75, 3.05) is 6.54 Å². The smallest absolute Gasteiger partial charge is 0.254 e. The minimum absolute atomic E-state index is 0.0857. The lowest BCUT2D eigenvalue weighted by molar-refractivity contribution is 0.539. The number of pyridine rings is 1. The van der Waals surface area contributed by atoms with Crippen LogP contribution in [0.25, 0.3) is 10.7 Å². The van der Waals surface area contributed by atoms with Crippen molar-refractivity contribution < 1.29 is 8.42 Å². The molecule has 0 unspecified atom stereocenters. The van der Waals surface area contributed by atoms with Gasteiger partial charge in [0.2, 0.25) is 0 Å². The van der Waals surface area contributed by atoms with Gasteiger partial charge in [-0.1, -0.05) is 18.9 Å². The molecule has 0 aromatic carbocycles. The van der Waals surface area contributed by atoms with E-state index in [4.69, 9.17) is 0 Å². The fourth-order valence-electron chi connectivity index (χ4n) is 2.65. The third-order valence-electron chi connectivity index (χ3n) is 3.79. The van der Waals surface area contributed by atoms with Crippen LogP contribution in [0.4, 0.5) is 0 Å². The maximum absolute atomic E-state index is 12.0. The van der Waals surface area contributed by atoms with Crippen LogP contribution in [0.1, 0.15) is 31.4 Å². The van der Waals surface area contributed by atoms with Crippen LogP contribution in [0.3, 0.4) is 0 Å². The van der Waals surface area contributed by atoms with Gasteiger partial charge in [-0.25, -0.2) is 9.71 Å². The van der Waals surface area contributed by atoms with E-state index in [9.17, 15) is 8.42 Å². The Kier molecular flexibility index (Phi) is 5.37. The molecule has 0 radical (unpaired) electrons. The molecule has 23 heavy (non-hydrogen) atoms. The Labute approximate surface area is 140 Å². The largest absolute Gasteiger partial charge is 0.277 e. The fraction of sp³-hybridized carbons (Fsp3) is 0.467. The summed E-state index contributed by atoms with van der Waals surface area (Å²) in [6.07, 6.45) is 6.36. The van der Waals surface area contributed by atoms with Crippen LogP contribution in [-0.4, -0.2) is 31.0 Å². The zero-order chi connectivity index (χ0) is 16.1. The summed E-state index contributed by atoms with van der Waals surface area (Å²) < 4.78 is 29.2. The molecule has 2 aromatic heterocycles. The average Bonchev–Trinajstić information content (AvgIpc) is 3.19. The molecule has 1 aliphatic carbocycles. The first-order valence-electron chi connectivity index (χ1n) is 7.75. The molecular formula is C15H20N4O2S2. The highest BCUT2D eigenvalue weighted by molar-refractivity contribution is 7.87.